The third kappa shape index (κ3) is 4.04. The molecule has 1 saturated heterocycles. The smallest absolute Gasteiger partial charge is 0.0157 e. The van der Waals surface area contributed by atoms with Crippen molar-refractivity contribution in [1.82, 2.24) is 15.1 Å². The number of hydrogen-bond donors (Lipinski definition) is 1. The molecule has 1 unspecified atom stereocenters. The van der Waals surface area contributed by atoms with Crippen molar-refractivity contribution in [2.24, 2.45) is 5.92 Å². The van der Waals surface area contributed by atoms with Gasteiger partial charge in [0, 0.05) is 31.7 Å². The van der Waals surface area contributed by atoms with E-state index < -0.39 is 0 Å². The molecule has 0 saturated carbocycles. The average Bonchev–Trinajstić information content (AvgIpc) is 2.17. The molecule has 0 amide bonds. The third-order valence-corrected chi connectivity index (χ3v) is 3.76. The summed E-state index contributed by atoms with van der Waals surface area (Å²) in [5, 5.41) is 3.27. The van der Waals surface area contributed by atoms with Crippen LogP contribution in [-0.2, 0) is 0 Å². The lowest BCUT2D eigenvalue weighted by molar-refractivity contribution is 0.0476. The molecule has 0 aliphatic carbocycles. The lowest BCUT2D eigenvalue weighted by Crippen LogP contribution is -2.54. The number of hydrogen-bond acceptors (Lipinski definition) is 3. The van der Waals surface area contributed by atoms with Crippen LogP contribution in [0.3, 0.4) is 0 Å². The molecule has 3 heteroatoms. The van der Waals surface area contributed by atoms with Crippen molar-refractivity contribution in [2.45, 2.75) is 32.7 Å². The van der Waals surface area contributed by atoms with Gasteiger partial charge in [0.05, 0.1) is 0 Å². The maximum Gasteiger partial charge on any atom is 0.0157 e. The fraction of sp³-hybridized carbons (Fsp3) is 1.00. The predicted octanol–water partition coefficient (Wildman–Crippen LogP) is 1.26. The first-order valence-corrected chi connectivity index (χ1v) is 6.54. The Bertz CT molecular complexity index is 195. The highest BCUT2D eigenvalue weighted by Gasteiger charge is 2.30. The van der Waals surface area contributed by atoms with Gasteiger partial charge in [-0.1, -0.05) is 6.92 Å². The molecule has 0 aromatic heterocycles. The van der Waals surface area contributed by atoms with Gasteiger partial charge in [-0.2, -0.15) is 0 Å². The molecule has 3 nitrogen and oxygen atoms in total. The number of nitrogens with zero attached hydrogens (tertiary/aromatic N) is 2. The Kier molecular flexibility index (Phi) is 5.22. The van der Waals surface area contributed by atoms with Crippen LogP contribution in [0.25, 0.3) is 0 Å². The van der Waals surface area contributed by atoms with Crippen LogP contribution in [0.15, 0.2) is 0 Å². The SMILES string of the molecule is CNCC(C)CC(C)(C)N1CCN(C)CC1. The minimum absolute atomic E-state index is 0.345. The molecule has 0 spiro atoms. The lowest BCUT2D eigenvalue weighted by atomic mass is 9.89. The molecule has 0 bridgehead atoms. The van der Waals surface area contributed by atoms with Crippen LogP contribution in [-0.4, -0.2) is 62.2 Å². The monoisotopic (exact) mass is 227 g/mol. The van der Waals surface area contributed by atoms with Gasteiger partial charge in [-0.15, -0.1) is 0 Å². The summed E-state index contributed by atoms with van der Waals surface area (Å²) in [6, 6.07) is 0. The summed E-state index contributed by atoms with van der Waals surface area (Å²) in [4.78, 5) is 5.07. The fourth-order valence-electron chi connectivity index (χ4n) is 2.81. The topological polar surface area (TPSA) is 18.5 Å². The van der Waals surface area contributed by atoms with Gasteiger partial charge in [-0.25, -0.2) is 0 Å². The van der Waals surface area contributed by atoms with Crippen LogP contribution in [0.4, 0.5) is 0 Å². The Hall–Kier alpha value is -0.120. The van der Waals surface area contributed by atoms with E-state index in [0.717, 1.165) is 12.5 Å². The number of likely N-dealkylation sites (N-methyl/N-ethyl adjacent to an activating group) is 1. The summed E-state index contributed by atoms with van der Waals surface area (Å²) >= 11 is 0. The molecule has 96 valence electrons. The van der Waals surface area contributed by atoms with Crippen LogP contribution < -0.4 is 5.32 Å². The molecule has 1 fully saturated rings. The Morgan fingerprint density at radius 3 is 2.25 bits per heavy atom. The largest absolute Gasteiger partial charge is 0.319 e. The maximum atomic E-state index is 3.27. The summed E-state index contributed by atoms with van der Waals surface area (Å²) < 4.78 is 0. The number of piperazine rings is 1. The molecule has 16 heavy (non-hydrogen) atoms. The molecule has 1 atom stereocenters. The van der Waals surface area contributed by atoms with Crippen molar-refractivity contribution in [2.75, 3.05) is 46.8 Å². The standard InChI is InChI=1S/C13H29N3/c1-12(11-14-4)10-13(2,3)16-8-6-15(5)7-9-16/h12,14H,6-11H2,1-5H3. The van der Waals surface area contributed by atoms with Crippen LogP contribution in [0, 0.1) is 5.92 Å². The number of rotatable bonds is 5. The van der Waals surface area contributed by atoms with E-state index in [2.05, 4.69) is 42.9 Å². The molecular weight excluding hydrogens is 198 g/mol. The molecule has 0 radical (unpaired) electrons. The summed E-state index contributed by atoms with van der Waals surface area (Å²) in [5.74, 6) is 0.750. The summed E-state index contributed by atoms with van der Waals surface area (Å²) in [5.41, 5.74) is 0.345. The third-order valence-electron chi connectivity index (χ3n) is 3.76. The quantitative estimate of drug-likeness (QED) is 0.763. The normalized spacial score (nSPS) is 22.3. The van der Waals surface area contributed by atoms with Crippen molar-refractivity contribution >= 4 is 0 Å². The van der Waals surface area contributed by atoms with Crippen LogP contribution >= 0.6 is 0 Å². The minimum Gasteiger partial charge on any atom is -0.319 e. The molecule has 1 aliphatic heterocycles. The van der Waals surface area contributed by atoms with Gasteiger partial charge < -0.3 is 10.2 Å². The van der Waals surface area contributed by atoms with Gasteiger partial charge in [-0.05, 0) is 46.8 Å². The van der Waals surface area contributed by atoms with E-state index >= 15 is 0 Å². The maximum absolute atomic E-state index is 3.27. The van der Waals surface area contributed by atoms with Crippen LogP contribution in [0.2, 0.25) is 0 Å². The van der Waals surface area contributed by atoms with E-state index in [-0.39, 0.29) is 0 Å². The zero-order valence-electron chi connectivity index (χ0n) is 11.7. The fourth-order valence-corrected chi connectivity index (χ4v) is 2.81. The highest BCUT2D eigenvalue weighted by molar-refractivity contribution is 4.86. The molecule has 1 N–H and O–H groups in total. The highest BCUT2D eigenvalue weighted by atomic mass is 15.3. The second-order valence-corrected chi connectivity index (χ2v) is 5.97. The predicted molar refractivity (Wildman–Crippen MR) is 70.9 cm³/mol. The van der Waals surface area contributed by atoms with E-state index in [1.54, 1.807) is 0 Å². The van der Waals surface area contributed by atoms with Gasteiger partial charge in [-0.3, -0.25) is 4.90 Å². The zero-order chi connectivity index (χ0) is 12.2. The van der Waals surface area contributed by atoms with Gasteiger partial charge >= 0.3 is 0 Å². The zero-order valence-corrected chi connectivity index (χ0v) is 11.7. The first-order valence-electron chi connectivity index (χ1n) is 6.54. The Balaban J connectivity index is 2.43. The van der Waals surface area contributed by atoms with Crippen molar-refractivity contribution in [3.05, 3.63) is 0 Å². The second kappa shape index (κ2) is 5.99. The van der Waals surface area contributed by atoms with Crippen molar-refractivity contribution in [3.8, 4) is 0 Å². The molecule has 1 heterocycles. The van der Waals surface area contributed by atoms with Gasteiger partial charge in [0.1, 0.15) is 0 Å². The van der Waals surface area contributed by atoms with E-state index in [9.17, 15) is 0 Å². The Labute approximate surface area is 101 Å². The molecular formula is C13H29N3. The van der Waals surface area contributed by atoms with Gasteiger partial charge in [0.25, 0.3) is 0 Å². The van der Waals surface area contributed by atoms with Crippen LogP contribution in [0.5, 0.6) is 0 Å². The summed E-state index contributed by atoms with van der Waals surface area (Å²) in [7, 11) is 4.26. The Morgan fingerprint density at radius 2 is 1.75 bits per heavy atom. The summed E-state index contributed by atoms with van der Waals surface area (Å²) in [6.45, 7) is 13.1. The minimum atomic E-state index is 0.345. The van der Waals surface area contributed by atoms with E-state index in [1.807, 2.05) is 7.05 Å². The molecule has 0 aromatic rings. The van der Waals surface area contributed by atoms with E-state index in [4.69, 9.17) is 0 Å². The highest BCUT2D eigenvalue weighted by Crippen LogP contribution is 2.24. The average molecular weight is 227 g/mol. The van der Waals surface area contributed by atoms with Gasteiger partial charge in [0.15, 0.2) is 0 Å². The Morgan fingerprint density at radius 1 is 1.19 bits per heavy atom. The van der Waals surface area contributed by atoms with Crippen LogP contribution in [0.1, 0.15) is 27.2 Å². The second-order valence-electron chi connectivity index (χ2n) is 5.97. The van der Waals surface area contributed by atoms with Crippen molar-refractivity contribution in [3.63, 3.8) is 0 Å². The van der Waals surface area contributed by atoms with Gasteiger partial charge in [0.2, 0.25) is 0 Å². The molecule has 0 aromatic carbocycles. The first kappa shape index (κ1) is 13.9. The summed E-state index contributed by atoms with van der Waals surface area (Å²) in [6.07, 6.45) is 1.28. The van der Waals surface area contributed by atoms with E-state index in [1.165, 1.54) is 32.6 Å². The molecule has 1 rings (SSSR count). The van der Waals surface area contributed by atoms with Crippen molar-refractivity contribution < 1.29 is 0 Å². The van der Waals surface area contributed by atoms with Crippen molar-refractivity contribution in [1.29, 1.82) is 0 Å². The lowest BCUT2D eigenvalue weighted by Gasteiger charge is -2.44. The van der Waals surface area contributed by atoms with E-state index in [0.29, 0.717) is 5.54 Å². The first-order chi connectivity index (χ1) is 7.45. The number of nitrogens with one attached hydrogen (secondary N) is 1. The molecule has 1 aliphatic rings.